The molecule has 17 heavy (non-hydrogen) atoms. The van der Waals surface area contributed by atoms with E-state index in [9.17, 15) is 13.2 Å². The second kappa shape index (κ2) is 5.58. The summed E-state index contributed by atoms with van der Waals surface area (Å²) in [5.74, 6) is 3.56. The molecule has 1 aromatic carbocycles. The highest BCUT2D eigenvalue weighted by molar-refractivity contribution is 5.81. The summed E-state index contributed by atoms with van der Waals surface area (Å²) in [6, 6.07) is 8.92. The number of halogens is 3. The van der Waals surface area contributed by atoms with Crippen molar-refractivity contribution in [2.75, 3.05) is 0 Å². The molecule has 0 saturated carbocycles. The number of hydrogen-bond acceptors (Lipinski definition) is 0. The fraction of sp³-hybridized carbons (Fsp3) is 0.286. The Bertz CT molecular complexity index is 456. The van der Waals surface area contributed by atoms with Gasteiger partial charge in [0, 0.05) is 11.5 Å². The third-order valence-electron chi connectivity index (χ3n) is 2.35. The molecule has 0 radical (unpaired) electrons. The monoisotopic (exact) mass is 238 g/mol. The highest BCUT2D eigenvalue weighted by Crippen LogP contribution is 2.21. The molecule has 0 saturated heterocycles. The molecule has 0 aromatic heterocycles. The first-order valence-corrected chi connectivity index (χ1v) is 5.29. The molecule has 0 N–H and O–H groups in total. The van der Waals surface area contributed by atoms with Crippen LogP contribution in [0.5, 0.6) is 0 Å². The Balaban J connectivity index is 3.20. The van der Waals surface area contributed by atoms with Gasteiger partial charge in [0.25, 0.3) is 0 Å². The van der Waals surface area contributed by atoms with Crippen LogP contribution in [0, 0.1) is 11.8 Å². The summed E-state index contributed by atoms with van der Waals surface area (Å²) in [6.07, 6.45) is -3.77. The first-order chi connectivity index (χ1) is 7.94. The average molecular weight is 238 g/mol. The number of alkyl halides is 3. The van der Waals surface area contributed by atoms with Crippen molar-refractivity contribution in [3.63, 3.8) is 0 Å². The van der Waals surface area contributed by atoms with Crippen LogP contribution in [-0.4, -0.2) is 6.18 Å². The second-order valence-corrected chi connectivity index (χ2v) is 3.62. The highest BCUT2D eigenvalue weighted by atomic mass is 19.4. The van der Waals surface area contributed by atoms with Gasteiger partial charge >= 0.3 is 6.18 Å². The van der Waals surface area contributed by atoms with Gasteiger partial charge in [-0.1, -0.05) is 48.7 Å². The van der Waals surface area contributed by atoms with E-state index in [-0.39, 0.29) is 0 Å². The molecule has 0 aliphatic rings. The van der Waals surface area contributed by atoms with Crippen molar-refractivity contribution >= 4 is 5.57 Å². The molecule has 0 unspecified atom stereocenters. The molecule has 0 aliphatic carbocycles. The molecule has 3 heteroatoms. The Morgan fingerprint density at radius 1 is 1.18 bits per heavy atom. The van der Waals surface area contributed by atoms with Gasteiger partial charge in [-0.3, -0.25) is 0 Å². The molecule has 0 amide bonds. The largest absolute Gasteiger partial charge is 0.458 e. The quantitative estimate of drug-likeness (QED) is 0.668. The van der Waals surface area contributed by atoms with Gasteiger partial charge < -0.3 is 0 Å². The van der Waals surface area contributed by atoms with Crippen LogP contribution in [0.15, 0.2) is 35.9 Å². The Kier molecular flexibility index (Phi) is 4.39. The minimum Gasteiger partial charge on any atom is -0.159 e. The SMILES string of the molecule is CC/C(C)=C(/C#CC(F)(F)F)c1ccccc1. The summed E-state index contributed by atoms with van der Waals surface area (Å²) in [4.78, 5) is 0. The Morgan fingerprint density at radius 2 is 1.76 bits per heavy atom. The smallest absolute Gasteiger partial charge is 0.159 e. The summed E-state index contributed by atoms with van der Waals surface area (Å²) in [6.45, 7) is 3.70. The Labute approximate surface area is 99.2 Å². The normalized spacial score (nSPS) is 12.5. The zero-order chi connectivity index (χ0) is 12.9. The third-order valence-corrected chi connectivity index (χ3v) is 2.35. The van der Waals surface area contributed by atoms with Crippen LogP contribution in [0.1, 0.15) is 25.8 Å². The lowest BCUT2D eigenvalue weighted by atomic mass is 10.00. The maximum atomic E-state index is 12.1. The molecule has 0 atom stereocenters. The van der Waals surface area contributed by atoms with E-state index in [1.807, 2.05) is 13.0 Å². The van der Waals surface area contributed by atoms with E-state index in [4.69, 9.17) is 0 Å². The predicted octanol–water partition coefficient (Wildman–Crippen LogP) is 4.44. The summed E-state index contributed by atoms with van der Waals surface area (Å²) >= 11 is 0. The van der Waals surface area contributed by atoms with E-state index >= 15 is 0 Å². The summed E-state index contributed by atoms with van der Waals surface area (Å²) in [7, 11) is 0. The van der Waals surface area contributed by atoms with Crippen LogP contribution in [-0.2, 0) is 0 Å². The second-order valence-electron chi connectivity index (χ2n) is 3.62. The van der Waals surface area contributed by atoms with E-state index < -0.39 is 6.18 Å². The van der Waals surface area contributed by atoms with Crippen molar-refractivity contribution in [3.8, 4) is 11.8 Å². The molecule has 0 heterocycles. The van der Waals surface area contributed by atoms with E-state index in [1.165, 1.54) is 5.92 Å². The predicted molar refractivity (Wildman–Crippen MR) is 63.2 cm³/mol. The number of benzene rings is 1. The lowest BCUT2D eigenvalue weighted by molar-refractivity contribution is -0.0696. The van der Waals surface area contributed by atoms with Gasteiger partial charge in [0.2, 0.25) is 0 Å². The van der Waals surface area contributed by atoms with E-state index in [0.717, 1.165) is 11.1 Å². The van der Waals surface area contributed by atoms with E-state index in [0.29, 0.717) is 12.0 Å². The third kappa shape index (κ3) is 4.36. The molecule has 0 spiro atoms. The standard InChI is InChI=1S/C14H13F3/c1-3-11(2)13(9-10-14(15,16)17)12-7-5-4-6-8-12/h4-8H,3H2,1-2H3/b13-11-. The van der Waals surface area contributed by atoms with Gasteiger partial charge in [-0.25, -0.2) is 0 Å². The van der Waals surface area contributed by atoms with Crippen molar-refractivity contribution in [1.82, 2.24) is 0 Å². The molecule has 0 fully saturated rings. The molecule has 0 bridgehead atoms. The molecular weight excluding hydrogens is 225 g/mol. The minimum absolute atomic E-state index is 0.463. The fourth-order valence-electron chi connectivity index (χ4n) is 1.34. The Morgan fingerprint density at radius 3 is 2.24 bits per heavy atom. The van der Waals surface area contributed by atoms with Crippen LogP contribution in [0.2, 0.25) is 0 Å². The van der Waals surface area contributed by atoms with Crippen molar-refractivity contribution < 1.29 is 13.2 Å². The Hall–Kier alpha value is -1.69. The van der Waals surface area contributed by atoms with E-state index in [1.54, 1.807) is 31.2 Å². The van der Waals surface area contributed by atoms with Gasteiger partial charge in [-0.05, 0) is 18.9 Å². The van der Waals surface area contributed by atoms with E-state index in [2.05, 4.69) is 5.92 Å². The zero-order valence-corrected chi connectivity index (χ0v) is 9.73. The van der Waals surface area contributed by atoms with Crippen LogP contribution >= 0.6 is 0 Å². The summed E-state index contributed by atoms with van der Waals surface area (Å²) < 4.78 is 36.3. The van der Waals surface area contributed by atoms with Gasteiger partial charge in [-0.15, -0.1) is 0 Å². The topological polar surface area (TPSA) is 0 Å². The molecule has 0 aliphatic heterocycles. The molecule has 1 rings (SSSR count). The van der Waals surface area contributed by atoms with Gasteiger partial charge in [0.1, 0.15) is 0 Å². The first-order valence-electron chi connectivity index (χ1n) is 5.29. The summed E-state index contributed by atoms with van der Waals surface area (Å²) in [5, 5.41) is 0. The maximum Gasteiger partial charge on any atom is 0.458 e. The summed E-state index contributed by atoms with van der Waals surface area (Å²) in [5.41, 5.74) is 2.04. The molecule has 0 nitrogen and oxygen atoms in total. The zero-order valence-electron chi connectivity index (χ0n) is 9.73. The maximum absolute atomic E-state index is 12.1. The van der Waals surface area contributed by atoms with Crippen molar-refractivity contribution in [3.05, 3.63) is 41.5 Å². The lowest BCUT2D eigenvalue weighted by Gasteiger charge is -2.05. The highest BCUT2D eigenvalue weighted by Gasteiger charge is 2.23. The number of hydrogen-bond donors (Lipinski definition) is 0. The van der Waals surface area contributed by atoms with Gasteiger partial charge in [0.05, 0.1) is 0 Å². The minimum atomic E-state index is -4.45. The van der Waals surface area contributed by atoms with Crippen molar-refractivity contribution in [1.29, 1.82) is 0 Å². The number of rotatable bonds is 2. The molecule has 1 aromatic rings. The fourth-order valence-corrected chi connectivity index (χ4v) is 1.34. The van der Waals surface area contributed by atoms with Crippen LogP contribution in [0.3, 0.4) is 0 Å². The molecule has 90 valence electrons. The van der Waals surface area contributed by atoms with Gasteiger partial charge in [0.15, 0.2) is 0 Å². The molecular formula is C14H13F3. The lowest BCUT2D eigenvalue weighted by Crippen LogP contribution is -2.02. The first kappa shape index (κ1) is 13.4. The van der Waals surface area contributed by atoms with Crippen LogP contribution in [0.4, 0.5) is 13.2 Å². The average Bonchev–Trinajstić information content (AvgIpc) is 2.29. The van der Waals surface area contributed by atoms with Gasteiger partial charge in [-0.2, -0.15) is 13.2 Å². The van der Waals surface area contributed by atoms with Crippen LogP contribution in [0.25, 0.3) is 5.57 Å². The van der Waals surface area contributed by atoms with Crippen molar-refractivity contribution in [2.24, 2.45) is 0 Å². The van der Waals surface area contributed by atoms with Crippen molar-refractivity contribution in [2.45, 2.75) is 26.4 Å². The van der Waals surface area contributed by atoms with Crippen LogP contribution < -0.4 is 0 Å². The number of allylic oxidation sites excluding steroid dienone is 2.